The van der Waals surface area contributed by atoms with Crippen LogP contribution in [-0.4, -0.2) is 30.1 Å². The Bertz CT molecular complexity index is 1080. The van der Waals surface area contributed by atoms with Gasteiger partial charge in [0.1, 0.15) is 17.9 Å². The van der Waals surface area contributed by atoms with E-state index in [4.69, 9.17) is 19.2 Å². The number of benzene rings is 2. The van der Waals surface area contributed by atoms with Crippen molar-refractivity contribution >= 4 is 22.8 Å². The molecule has 1 unspecified atom stereocenters. The molecule has 0 saturated heterocycles. The van der Waals surface area contributed by atoms with Crippen LogP contribution in [0.25, 0.3) is 10.9 Å². The average Bonchev–Trinajstić information content (AvgIpc) is 3.56. The average molecular weight is 419 g/mol. The van der Waals surface area contributed by atoms with Gasteiger partial charge < -0.3 is 14.2 Å². The normalized spacial score (nSPS) is 16.5. The van der Waals surface area contributed by atoms with Gasteiger partial charge in [-0.25, -0.2) is 4.98 Å². The molecule has 2 aromatic carbocycles. The van der Waals surface area contributed by atoms with Crippen LogP contribution in [0.5, 0.6) is 5.75 Å². The fraction of sp³-hybridized carbons (Fsp3) is 0.320. The lowest BCUT2D eigenvalue weighted by Gasteiger charge is -2.15. The van der Waals surface area contributed by atoms with Gasteiger partial charge in [-0.1, -0.05) is 48.5 Å². The van der Waals surface area contributed by atoms with Crippen LogP contribution >= 0.6 is 0 Å². The van der Waals surface area contributed by atoms with Crippen molar-refractivity contribution in [1.29, 1.82) is 0 Å². The maximum Gasteiger partial charge on any atom is 0.324 e. The van der Waals surface area contributed by atoms with Gasteiger partial charge in [0.25, 0.3) is 0 Å². The van der Waals surface area contributed by atoms with E-state index in [-0.39, 0.29) is 19.1 Å². The van der Waals surface area contributed by atoms with E-state index in [1.165, 1.54) is 0 Å². The first-order valence-corrected chi connectivity index (χ1v) is 10.5. The molecule has 31 heavy (non-hydrogen) atoms. The Labute approximate surface area is 181 Å². The second kappa shape index (κ2) is 8.76. The van der Waals surface area contributed by atoms with E-state index in [2.05, 4.69) is 0 Å². The highest BCUT2D eigenvalue weighted by Crippen LogP contribution is 2.60. The lowest BCUT2D eigenvalue weighted by Crippen LogP contribution is -2.31. The first kappa shape index (κ1) is 20.8. The molecule has 0 aliphatic heterocycles. The Kier molecular flexibility index (Phi) is 5.89. The molecule has 0 radical (unpaired) electrons. The Morgan fingerprint density at radius 3 is 2.32 bits per heavy atom. The third-order valence-electron chi connectivity index (χ3n) is 5.54. The van der Waals surface area contributed by atoms with Gasteiger partial charge in [-0.2, -0.15) is 0 Å². The van der Waals surface area contributed by atoms with E-state index in [1.807, 2.05) is 60.7 Å². The van der Waals surface area contributed by atoms with Gasteiger partial charge in [-0.15, -0.1) is 0 Å². The lowest BCUT2D eigenvalue weighted by molar-refractivity contribution is -0.164. The minimum Gasteiger partial charge on any atom is -0.487 e. The molecular formula is C25H25NO5. The third-order valence-corrected chi connectivity index (χ3v) is 5.54. The molecule has 1 saturated carbocycles. The maximum atomic E-state index is 12.6. The number of fused-ring (bicyclic) bond motifs is 1. The molecule has 160 valence electrons. The van der Waals surface area contributed by atoms with Crippen LogP contribution in [0.1, 0.15) is 37.4 Å². The van der Waals surface area contributed by atoms with E-state index in [1.54, 1.807) is 13.8 Å². The number of pyridine rings is 1. The zero-order chi connectivity index (χ0) is 21.8. The van der Waals surface area contributed by atoms with Crippen molar-refractivity contribution in [2.45, 2.75) is 32.8 Å². The number of hydrogen-bond acceptors (Lipinski definition) is 6. The Morgan fingerprint density at radius 1 is 0.935 bits per heavy atom. The number of nitrogens with zero attached hydrogens (tertiary/aromatic N) is 1. The van der Waals surface area contributed by atoms with Crippen molar-refractivity contribution < 1.29 is 23.8 Å². The molecule has 1 atom stereocenters. The van der Waals surface area contributed by atoms with Gasteiger partial charge in [0.05, 0.1) is 13.2 Å². The number of aromatic nitrogens is 1. The van der Waals surface area contributed by atoms with Crippen LogP contribution in [0.2, 0.25) is 0 Å². The van der Waals surface area contributed by atoms with Crippen molar-refractivity contribution in [3.8, 4) is 5.75 Å². The van der Waals surface area contributed by atoms with Crippen molar-refractivity contribution in [2.75, 3.05) is 13.2 Å². The summed E-state index contributed by atoms with van der Waals surface area (Å²) in [4.78, 5) is 30.1. The van der Waals surface area contributed by atoms with E-state index >= 15 is 0 Å². The summed E-state index contributed by atoms with van der Waals surface area (Å²) in [5.74, 6) is -0.818. The van der Waals surface area contributed by atoms with Crippen molar-refractivity contribution in [3.05, 3.63) is 71.9 Å². The second-order valence-electron chi connectivity index (χ2n) is 7.51. The van der Waals surface area contributed by atoms with Crippen LogP contribution in [0.3, 0.4) is 0 Å². The van der Waals surface area contributed by atoms with Gasteiger partial charge >= 0.3 is 11.9 Å². The summed E-state index contributed by atoms with van der Waals surface area (Å²) >= 11 is 0. The summed E-state index contributed by atoms with van der Waals surface area (Å²) in [6, 6.07) is 19.4. The van der Waals surface area contributed by atoms with E-state index < -0.39 is 17.4 Å². The molecule has 1 aromatic heterocycles. The molecule has 6 heteroatoms. The van der Waals surface area contributed by atoms with E-state index in [9.17, 15) is 9.59 Å². The number of hydrogen-bond donors (Lipinski definition) is 0. The van der Waals surface area contributed by atoms with Crippen LogP contribution in [0.15, 0.2) is 60.7 Å². The van der Waals surface area contributed by atoms with Crippen molar-refractivity contribution in [1.82, 2.24) is 4.98 Å². The van der Waals surface area contributed by atoms with Crippen LogP contribution in [0.4, 0.5) is 0 Å². The topological polar surface area (TPSA) is 74.7 Å². The highest BCUT2D eigenvalue weighted by Gasteiger charge is 2.69. The summed E-state index contributed by atoms with van der Waals surface area (Å²) in [5.41, 5.74) is 1.10. The molecule has 3 aromatic rings. The molecule has 0 spiro atoms. The quantitative estimate of drug-likeness (QED) is 0.398. The van der Waals surface area contributed by atoms with Crippen LogP contribution in [-0.2, 0) is 25.7 Å². The highest BCUT2D eigenvalue weighted by molar-refractivity contribution is 6.05. The van der Waals surface area contributed by atoms with Gasteiger partial charge in [-0.3, -0.25) is 9.59 Å². The van der Waals surface area contributed by atoms with Crippen LogP contribution < -0.4 is 4.74 Å². The standard InChI is InChI=1S/C25H25NO5/c1-3-29-23(27)25(24(28)30-4-2)15-19(25)20-14-13-18-11-8-12-21(22(18)26-20)31-16-17-9-6-5-7-10-17/h5-14,19H,3-4,15-16H2,1-2H3. The minimum absolute atomic E-state index is 0.204. The number of carbonyl (C=O) groups excluding carboxylic acids is 2. The predicted octanol–water partition coefficient (Wildman–Crippen LogP) is 4.41. The monoisotopic (exact) mass is 419 g/mol. The number of esters is 2. The van der Waals surface area contributed by atoms with Crippen LogP contribution in [0, 0.1) is 5.41 Å². The second-order valence-corrected chi connectivity index (χ2v) is 7.51. The summed E-state index contributed by atoms with van der Waals surface area (Å²) in [6.45, 7) is 4.27. The maximum absolute atomic E-state index is 12.6. The first-order chi connectivity index (χ1) is 15.1. The Morgan fingerprint density at radius 2 is 1.65 bits per heavy atom. The summed E-state index contributed by atoms with van der Waals surface area (Å²) in [6.07, 6.45) is 0.330. The molecule has 0 bridgehead atoms. The molecular weight excluding hydrogens is 394 g/mol. The Balaban J connectivity index is 1.64. The zero-order valence-corrected chi connectivity index (χ0v) is 17.7. The minimum atomic E-state index is -1.31. The first-order valence-electron chi connectivity index (χ1n) is 10.5. The van der Waals surface area contributed by atoms with Gasteiger partial charge in [-0.05, 0) is 38.0 Å². The molecule has 6 nitrogen and oxygen atoms in total. The SMILES string of the molecule is CCOC(=O)C1(C(=O)OCC)CC1c1ccc2cccc(OCc3ccccc3)c2n1. The van der Waals surface area contributed by atoms with Crippen molar-refractivity contribution in [3.63, 3.8) is 0 Å². The molecule has 1 fully saturated rings. The van der Waals surface area contributed by atoms with Crippen molar-refractivity contribution in [2.24, 2.45) is 5.41 Å². The molecule has 4 rings (SSSR count). The molecule has 0 amide bonds. The summed E-state index contributed by atoms with van der Waals surface area (Å²) < 4.78 is 16.4. The van der Waals surface area contributed by atoms with Gasteiger partial charge in [0.2, 0.25) is 0 Å². The fourth-order valence-corrected chi connectivity index (χ4v) is 3.86. The molecule has 0 N–H and O–H groups in total. The summed E-state index contributed by atoms with van der Waals surface area (Å²) in [7, 11) is 0. The predicted molar refractivity (Wildman–Crippen MR) is 116 cm³/mol. The van der Waals surface area contributed by atoms with E-state index in [0.717, 1.165) is 10.9 Å². The molecule has 1 heterocycles. The number of rotatable bonds is 8. The summed E-state index contributed by atoms with van der Waals surface area (Å²) in [5, 5.41) is 0.924. The van der Waals surface area contributed by atoms with E-state index in [0.29, 0.717) is 30.0 Å². The van der Waals surface area contributed by atoms with Gasteiger partial charge in [0, 0.05) is 17.0 Å². The fourth-order valence-electron chi connectivity index (χ4n) is 3.86. The largest absolute Gasteiger partial charge is 0.487 e. The smallest absolute Gasteiger partial charge is 0.324 e. The number of carbonyl (C=O) groups is 2. The molecule has 1 aliphatic carbocycles. The number of ether oxygens (including phenoxy) is 3. The zero-order valence-electron chi connectivity index (χ0n) is 17.7. The third kappa shape index (κ3) is 3.98. The molecule has 1 aliphatic rings. The Hall–Kier alpha value is -3.41. The number of para-hydroxylation sites is 1. The highest BCUT2D eigenvalue weighted by atomic mass is 16.6. The lowest BCUT2D eigenvalue weighted by atomic mass is 10.0. The van der Waals surface area contributed by atoms with Gasteiger partial charge in [0.15, 0.2) is 5.41 Å².